The first-order valence-electron chi connectivity index (χ1n) is 6.75. The standard InChI is InChI=1S/C14H28N2O3/c1-12(2)10-14(11(17)18-7,13(3,4)19-12)15-8-9-16(5)6/h15H,8-10H2,1-7H3. The molecule has 1 N–H and O–H groups in total. The van der Waals surface area contributed by atoms with Crippen LogP contribution in [0.3, 0.4) is 0 Å². The monoisotopic (exact) mass is 272 g/mol. The van der Waals surface area contributed by atoms with Crippen molar-refractivity contribution in [2.24, 2.45) is 0 Å². The van der Waals surface area contributed by atoms with Gasteiger partial charge in [0, 0.05) is 19.5 Å². The van der Waals surface area contributed by atoms with Crippen molar-refractivity contribution >= 4 is 5.97 Å². The highest BCUT2D eigenvalue weighted by Crippen LogP contribution is 2.45. The molecule has 0 radical (unpaired) electrons. The number of ether oxygens (including phenoxy) is 2. The van der Waals surface area contributed by atoms with Gasteiger partial charge in [-0.3, -0.25) is 5.32 Å². The fourth-order valence-corrected chi connectivity index (χ4v) is 3.00. The highest BCUT2D eigenvalue weighted by Gasteiger charge is 2.62. The molecular formula is C14H28N2O3. The summed E-state index contributed by atoms with van der Waals surface area (Å²) in [5, 5.41) is 3.38. The minimum Gasteiger partial charge on any atom is -0.468 e. The average Bonchev–Trinajstić information content (AvgIpc) is 2.42. The predicted octanol–water partition coefficient (Wildman–Crippen LogP) is 1.03. The van der Waals surface area contributed by atoms with Crippen molar-refractivity contribution in [2.75, 3.05) is 34.3 Å². The van der Waals surface area contributed by atoms with Crippen molar-refractivity contribution in [1.82, 2.24) is 10.2 Å². The Labute approximate surface area is 116 Å². The number of rotatable bonds is 5. The molecule has 0 aliphatic carbocycles. The normalized spacial score (nSPS) is 28.6. The van der Waals surface area contributed by atoms with E-state index in [2.05, 4.69) is 10.2 Å². The van der Waals surface area contributed by atoms with E-state index in [-0.39, 0.29) is 11.6 Å². The number of nitrogens with zero attached hydrogens (tertiary/aromatic N) is 1. The van der Waals surface area contributed by atoms with E-state index < -0.39 is 11.1 Å². The molecule has 1 atom stereocenters. The van der Waals surface area contributed by atoms with Crippen LogP contribution in [0.2, 0.25) is 0 Å². The lowest BCUT2D eigenvalue weighted by molar-refractivity contribution is -0.157. The van der Waals surface area contributed by atoms with Gasteiger partial charge in [-0.2, -0.15) is 0 Å². The summed E-state index contributed by atoms with van der Waals surface area (Å²) in [6.45, 7) is 9.48. The van der Waals surface area contributed by atoms with E-state index >= 15 is 0 Å². The summed E-state index contributed by atoms with van der Waals surface area (Å²) >= 11 is 0. The van der Waals surface area contributed by atoms with E-state index in [0.29, 0.717) is 13.0 Å². The summed E-state index contributed by atoms with van der Waals surface area (Å²) in [5.41, 5.74) is -1.74. The van der Waals surface area contributed by atoms with Crippen LogP contribution in [0.15, 0.2) is 0 Å². The van der Waals surface area contributed by atoms with E-state index in [4.69, 9.17) is 9.47 Å². The summed E-state index contributed by atoms with van der Waals surface area (Å²) in [5.74, 6) is -0.248. The Hall–Kier alpha value is -0.650. The second-order valence-corrected chi connectivity index (χ2v) is 6.68. The maximum absolute atomic E-state index is 12.3. The smallest absolute Gasteiger partial charge is 0.329 e. The van der Waals surface area contributed by atoms with Gasteiger partial charge in [-0.15, -0.1) is 0 Å². The molecule has 1 aliphatic heterocycles. The molecule has 0 spiro atoms. The number of esters is 1. The summed E-state index contributed by atoms with van der Waals surface area (Å²) < 4.78 is 11.1. The fourth-order valence-electron chi connectivity index (χ4n) is 3.00. The Morgan fingerprint density at radius 2 is 1.89 bits per heavy atom. The SMILES string of the molecule is COC(=O)C1(NCCN(C)C)CC(C)(C)OC1(C)C. The first-order chi connectivity index (χ1) is 8.56. The van der Waals surface area contributed by atoms with Crippen LogP contribution in [0.5, 0.6) is 0 Å². The Morgan fingerprint density at radius 3 is 2.26 bits per heavy atom. The Morgan fingerprint density at radius 1 is 1.32 bits per heavy atom. The first-order valence-corrected chi connectivity index (χ1v) is 6.75. The van der Waals surface area contributed by atoms with Gasteiger partial charge >= 0.3 is 5.97 Å². The fraction of sp³-hybridized carbons (Fsp3) is 0.929. The second-order valence-electron chi connectivity index (χ2n) is 6.68. The molecule has 0 saturated carbocycles. The van der Waals surface area contributed by atoms with Crippen molar-refractivity contribution in [2.45, 2.75) is 50.9 Å². The largest absolute Gasteiger partial charge is 0.468 e. The molecule has 0 aromatic heterocycles. The molecule has 1 rings (SSSR count). The van der Waals surface area contributed by atoms with Crippen molar-refractivity contribution in [3.05, 3.63) is 0 Å². The third kappa shape index (κ3) is 3.27. The van der Waals surface area contributed by atoms with Gasteiger partial charge in [0.05, 0.1) is 18.3 Å². The van der Waals surface area contributed by atoms with E-state index in [1.165, 1.54) is 7.11 Å². The maximum atomic E-state index is 12.3. The summed E-state index contributed by atoms with van der Waals surface area (Å²) in [6, 6.07) is 0. The van der Waals surface area contributed by atoms with Crippen LogP contribution >= 0.6 is 0 Å². The van der Waals surface area contributed by atoms with Crippen LogP contribution in [0.25, 0.3) is 0 Å². The van der Waals surface area contributed by atoms with E-state index in [1.54, 1.807) is 0 Å². The lowest BCUT2D eigenvalue weighted by Crippen LogP contribution is -2.63. The molecular weight excluding hydrogens is 244 g/mol. The second kappa shape index (κ2) is 5.38. The van der Waals surface area contributed by atoms with Gasteiger partial charge < -0.3 is 14.4 Å². The van der Waals surface area contributed by atoms with Crippen LogP contribution in [-0.4, -0.2) is 61.9 Å². The van der Waals surface area contributed by atoms with Crippen LogP contribution in [-0.2, 0) is 14.3 Å². The first kappa shape index (κ1) is 16.4. The minimum atomic E-state index is -0.790. The van der Waals surface area contributed by atoms with Crippen molar-refractivity contribution in [3.8, 4) is 0 Å². The number of carbonyl (C=O) groups is 1. The average molecular weight is 272 g/mol. The van der Waals surface area contributed by atoms with Gasteiger partial charge in [-0.25, -0.2) is 4.79 Å². The van der Waals surface area contributed by atoms with Crippen LogP contribution in [0.4, 0.5) is 0 Å². The summed E-state index contributed by atoms with van der Waals surface area (Å²) in [6.07, 6.45) is 0.604. The van der Waals surface area contributed by atoms with Gasteiger partial charge in [0.25, 0.3) is 0 Å². The third-order valence-corrected chi connectivity index (χ3v) is 3.77. The number of carbonyl (C=O) groups excluding carboxylic acids is 1. The van der Waals surface area contributed by atoms with Crippen LogP contribution in [0.1, 0.15) is 34.1 Å². The summed E-state index contributed by atoms with van der Waals surface area (Å²) in [4.78, 5) is 14.4. The summed E-state index contributed by atoms with van der Waals surface area (Å²) in [7, 11) is 5.44. The Balaban J connectivity index is 2.97. The molecule has 0 aromatic rings. The Kier molecular flexibility index (Phi) is 4.65. The number of likely N-dealkylation sites (N-methyl/N-ethyl adjacent to an activating group) is 1. The van der Waals surface area contributed by atoms with E-state index in [0.717, 1.165) is 6.54 Å². The number of nitrogens with one attached hydrogen (secondary N) is 1. The highest BCUT2D eigenvalue weighted by atomic mass is 16.6. The molecule has 0 bridgehead atoms. The molecule has 112 valence electrons. The molecule has 1 heterocycles. The van der Waals surface area contributed by atoms with Crippen molar-refractivity contribution in [1.29, 1.82) is 0 Å². The highest BCUT2D eigenvalue weighted by molar-refractivity contribution is 5.83. The molecule has 1 unspecified atom stereocenters. The minimum absolute atomic E-state index is 0.248. The maximum Gasteiger partial charge on any atom is 0.329 e. The third-order valence-electron chi connectivity index (χ3n) is 3.77. The van der Waals surface area contributed by atoms with E-state index in [9.17, 15) is 4.79 Å². The lowest BCUT2D eigenvalue weighted by Gasteiger charge is -2.38. The predicted molar refractivity (Wildman–Crippen MR) is 75.2 cm³/mol. The molecule has 1 saturated heterocycles. The lowest BCUT2D eigenvalue weighted by atomic mass is 9.79. The van der Waals surface area contributed by atoms with Gasteiger partial charge in [0.15, 0.2) is 0 Å². The van der Waals surface area contributed by atoms with Crippen molar-refractivity contribution < 1.29 is 14.3 Å². The van der Waals surface area contributed by atoms with Gasteiger partial charge in [-0.05, 0) is 41.8 Å². The number of hydrogen-bond acceptors (Lipinski definition) is 5. The molecule has 5 nitrogen and oxygen atoms in total. The quantitative estimate of drug-likeness (QED) is 0.758. The van der Waals surface area contributed by atoms with Crippen LogP contribution in [0, 0.1) is 0 Å². The molecule has 5 heteroatoms. The molecule has 1 aliphatic rings. The zero-order valence-electron chi connectivity index (χ0n) is 13.3. The zero-order chi connectivity index (χ0) is 14.9. The van der Waals surface area contributed by atoms with E-state index in [1.807, 2.05) is 41.8 Å². The van der Waals surface area contributed by atoms with Crippen LogP contribution < -0.4 is 5.32 Å². The zero-order valence-corrected chi connectivity index (χ0v) is 13.3. The molecule has 0 amide bonds. The Bertz CT molecular complexity index is 340. The topological polar surface area (TPSA) is 50.8 Å². The molecule has 0 aromatic carbocycles. The number of methoxy groups -OCH3 is 1. The van der Waals surface area contributed by atoms with Gasteiger partial charge in [0.1, 0.15) is 5.54 Å². The van der Waals surface area contributed by atoms with Crippen molar-refractivity contribution in [3.63, 3.8) is 0 Å². The van der Waals surface area contributed by atoms with Gasteiger partial charge in [-0.1, -0.05) is 0 Å². The number of hydrogen-bond donors (Lipinski definition) is 1. The molecule has 1 fully saturated rings. The van der Waals surface area contributed by atoms with Gasteiger partial charge in [0.2, 0.25) is 0 Å². The molecule has 19 heavy (non-hydrogen) atoms.